The van der Waals surface area contributed by atoms with Crippen LogP contribution < -0.4 is 14.8 Å². The third kappa shape index (κ3) is 6.41. The highest BCUT2D eigenvalue weighted by Crippen LogP contribution is 2.22. The molecule has 0 spiro atoms. The van der Waals surface area contributed by atoms with Crippen molar-refractivity contribution in [3.8, 4) is 11.5 Å². The number of hydrogen-bond acceptors (Lipinski definition) is 5. The van der Waals surface area contributed by atoms with Crippen molar-refractivity contribution in [3.05, 3.63) is 90.0 Å². The lowest BCUT2D eigenvalue weighted by molar-refractivity contribution is 0.0950. The highest BCUT2D eigenvalue weighted by Gasteiger charge is 2.20. The van der Waals surface area contributed by atoms with Crippen LogP contribution in [0, 0.1) is 0 Å². The van der Waals surface area contributed by atoms with E-state index in [2.05, 4.69) is 10.0 Å². The van der Waals surface area contributed by atoms with Crippen LogP contribution in [0.15, 0.2) is 83.8 Å². The average molecular weight is 467 g/mol. The van der Waals surface area contributed by atoms with Gasteiger partial charge < -0.3 is 14.8 Å². The SMILES string of the molecule is O=C(NCc1cccc(Oc2ccccc2)c1)c1ccc(S(=O)(=O)NCC2CCCO2)cc1. The Balaban J connectivity index is 1.32. The number of sulfonamides is 1. The lowest BCUT2D eigenvalue weighted by Gasteiger charge is -2.12. The van der Waals surface area contributed by atoms with E-state index in [4.69, 9.17) is 9.47 Å². The molecule has 1 saturated heterocycles. The molecule has 0 radical (unpaired) electrons. The molecule has 172 valence electrons. The first-order valence-electron chi connectivity index (χ1n) is 10.8. The van der Waals surface area contributed by atoms with E-state index in [-0.39, 0.29) is 23.5 Å². The normalized spacial score (nSPS) is 15.8. The van der Waals surface area contributed by atoms with Crippen molar-refractivity contribution in [2.75, 3.05) is 13.2 Å². The van der Waals surface area contributed by atoms with Gasteiger partial charge in [0.05, 0.1) is 11.0 Å². The fraction of sp³-hybridized carbons (Fsp3) is 0.240. The summed E-state index contributed by atoms with van der Waals surface area (Å²) in [5.41, 5.74) is 1.26. The number of carbonyl (C=O) groups is 1. The van der Waals surface area contributed by atoms with Gasteiger partial charge >= 0.3 is 0 Å². The number of amides is 1. The number of ether oxygens (including phenoxy) is 2. The van der Waals surface area contributed by atoms with Gasteiger partial charge in [-0.2, -0.15) is 0 Å². The quantitative estimate of drug-likeness (QED) is 0.499. The van der Waals surface area contributed by atoms with Crippen LogP contribution in [0.4, 0.5) is 0 Å². The molecule has 1 aliphatic rings. The first kappa shape index (κ1) is 23.0. The van der Waals surface area contributed by atoms with E-state index in [1.54, 1.807) is 0 Å². The van der Waals surface area contributed by atoms with Crippen molar-refractivity contribution >= 4 is 15.9 Å². The van der Waals surface area contributed by atoms with Crippen LogP contribution in [0.5, 0.6) is 11.5 Å². The number of hydrogen-bond donors (Lipinski definition) is 2. The standard InChI is InChI=1S/C25H26N2O5S/c28-25(26-17-19-6-4-9-22(16-19)32-21-7-2-1-3-8-21)20-11-13-24(14-12-20)33(29,30)27-18-23-10-5-15-31-23/h1-4,6-9,11-14,16,23,27H,5,10,15,17-18H2,(H,26,28). The van der Waals surface area contributed by atoms with E-state index in [1.165, 1.54) is 24.3 Å². The highest BCUT2D eigenvalue weighted by atomic mass is 32.2. The Kier molecular flexibility index (Phi) is 7.39. The summed E-state index contributed by atoms with van der Waals surface area (Å²) in [6.07, 6.45) is 1.71. The molecule has 3 aromatic rings. The first-order valence-corrected chi connectivity index (χ1v) is 12.3. The molecule has 7 nitrogen and oxygen atoms in total. The van der Waals surface area contributed by atoms with E-state index >= 15 is 0 Å². The molecular weight excluding hydrogens is 440 g/mol. The van der Waals surface area contributed by atoms with Gasteiger partial charge in [0.25, 0.3) is 5.91 Å². The maximum absolute atomic E-state index is 12.5. The zero-order valence-electron chi connectivity index (χ0n) is 18.1. The molecule has 33 heavy (non-hydrogen) atoms. The first-order chi connectivity index (χ1) is 16.0. The van der Waals surface area contributed by atoms with Gasteiger partial charge in [-0.3, -0.25) is 4.79 Å². The number of para-hydroxylation sites is 1. The minimum Gasteiger partial charge on any atom is -0.457 e. The van der Waals surface area contributed by atoms with Gasteiger partial charge in [-0.25, -0.2) is 13.1 Å². The zero-order chi connectivity index (χ0) is 23.1. The Morgan fingerprint density at radius 3 is 2.45 bits per heavy atom. The second kappa shape index (κ2) is 10.6. The van der Waals surface area contributed by atoms with Crippen LogP contribution in [0.1, 0.15) is 28.8 Å². The molecule has 2 N–H and O–H groups in total. The van der Waals surface area contributed by atoms with E-state index in [0.29, 0.717) is 24.5 Å². The number of nitrogens with one attached hydrogen (secondary N) is 2. The Hall–Kier alpha value is -3.20. The minimum absolute atomic E-state index is 0.0820. The van der Waals surface area contributed by atoms with Crippen molar-refractivity contribution in [2.24, 2.45) is 0 Å². The van der Waals surface area contributed by atoms with E-state index < -0.39 is 10.0 Å². The summed E-state index contributed by atoms with van der Waals surface area (Å²) >= 11 is 0. The summed E-state index contributed by atoms with van der Waals surface area (Å²) in [5, 5.41) is 2.85. The predicted octanol–water partition coefficient (Wildman–Crippen LogP) is 3.87. The van der Waals surface area contributed by atoms with Crippen LogP contribution in [0.2, 0.25) is 0 Å². The van der Waals surface area contributed by atoms with Crippen molar-refractivity contribution in [1.82, 2.24) is 10.0 Å². The van der Waals surface area contributed by atoms with Gasteiger partial charge in [-0.15, -0.1) is 0 Å². The molecular formula is C25H26N2O5S. The summed E-state index contributed by atoms with van der Waals surface area (Å²) in [6.45, 7) is 1.23. The molecule has 0 aromatic heterocycles. The zero-order valence-corrected chi connectivity index (χ0v) is 18.9. The maximum Gasteiger partial charge on any atom is 0.251 e. The van der Waals surface area contributed by atoms with E-state index in [9.17, 15) is 13.2 Å². The minimum atomic E-state index is -3.65. The Morgan fingerprint density at radius 2 is 1.73 bits per heavy atom. The Labute approximate surface area is 193 Å². The summed E-state index contributed by atoms with van der Waals surface area (Å²) in [5.74, 6) is 1.12. The fourth-order valence-electron chi connectivity index (χ4n) is 3.50. The van der Waals surface area contributed by atoms with Crippen molar-refractivity contribution in [1.29, 1.82) is 0 Å². The Morgan fingerprint density at radius 1 is 0.970 bits per heavy atom. The van der Waals surface area contributed by atoms with Gasteiger partial charge in [0.1, 0.15) is 11.5 Å². The van der Waals surface area contributed by atoms with Crippen molar-refractivity contribution in [2.45, 2.75) is 30.4 Å². The molecule has 0 aliphatic carbocycles. The second-order valence-electron chi connectivity index (χ2n) is 7.76. The molecule has 4 rings (SSSR count). The van der Waals surface area contributed by atoms with Gasteiger partial charge in [-0.1, -0.05) is 30.3 Å². The molecule has 1 aliphatic heterocycles. The van der Waals surface area contributed by atoms with Crippen LogP contribution >= 0.6 is 0 Å². The van der Waals surface area contributed by atoms with E-state index in [1.807, 2.05) is 54.6 Å². The summed E-state index contributed by atoms with van der Waals surface area (Å²) < 4.78 is 38.8. The highest BCUT2D eigenvalue weighted by molar-refractivity contribution is 7.89. The lowest BCUT2D eigenvalue weighted by atomic mass is 10.2. The molecule has 0 bridgehead atoms. The monoisotopic (exact) mass is 466 g/mol. The molecule has 1 atom stereocenters. The largest absolute Gasteiger partial charge is 0.457 e. The predicted molar refractivity (Wildman–Crippen MR) is 125 cm³/mol. The Bertz CT molecular complexity index is 1170. The summed E-state index contributed by atoms with van der Waals surface area (Å²) in [6, 6.07) is 22.8. The molecule has 8 heteroatoms. The smallest absolute Gasteiger partial charge is 0.251 e. The van der Waals surface area contributed by atoms with Crippen LogP contribution in [-0.4, -0.2) is 33.6 Å². The van der Waals surface area contributed by atoms with Crippen LogP contribution in [-0.2, 0) is 21.3 Å². The number of rotatable bonds is 9. The van der Waals surface area contributed by atoms with Gasteiger partial charge in [-0.05, 0) is 66.9 Å². The second-order valence-corrected chi connectivity index (χ2v) is 9.52. The molecule has 1 heterocycles. The molecule has 0 saturated carbocycles. The van der Waals surface area contributed by atoms with Gasteiger partial charge in [0, 0.05) is 25.3 Å². The van der Waals surface area contributed by atoms with E-state index in [0.717, 1.165) is 24.2 Å². The molecule has 1 unspecified atom stereocenters. The van der Waals surface area contributed by atoms with Crippen LogP contribution in [0.3, 0.4) is 0 Å². The van der Waals surface area contributed by atoms with Crippen molar-refractivity contribution in [3.63, 3.8) is 0 Å². The maximum atomic E-state index is 12.5. The molecule has 1 amide bonds. The number of carbonyl (C=O) groups excluding carboxylic acids is 1. The number of benzene rings is 3. The third-order valence-electron chi connectivity index (χ3n) is 5.28. The third-order valence-corrected chi connectivity index (χ3v) is 6.72. The summed E-state index contributed by atoms with van der Waals surface area (Å²) in [4.78, 5) is 12.6. The van der Waals surface area contributed by atoms with Gasteiger partial charge in [0.15, 0.2) is 0 Å². The fourth-order valence-corrected chi connectivity index (χ4v) is 4.57. The average Bonchev–Trinajstić information content (AvgIpc) is 3.36. The molecule has 1 fully saturated rings. The topological polar surface area (TPSA) is 93.7 Å². The van der Waals surface area contributed by atoms with Crippen molar-refractivity contribution < 1.29 is 22.7 Å². The summed E-state index contributed by atoms with van der Waals surface area (Å²) in [7, 11) is -3.65. The molecule has 3 aromatic carbocycles. The van der Waals surface area contributed by atoms with Crippen LogP contribution in [0.25, 0.3) is 0 Å². The van der Waals surface area contributed by atoms with Gasteiger partial charge in [0.2, 0.25) is 10.0 Å². The lowest BCUT2D eigenvalue weighted by Crippen LogP contribution is -2.31.